The molecule has 94 valence electrons. The molecule has 0 aromatic carbocycles. The molecule has 1 fully saturated rings. The van der Waals surface area contributed by atoms with Gasteiger partial charge in [-0.25, -0.2) is 4.79 Å². The number of esters is 1. The Morgan fingerprint density at radius 3 is 2.29 bits per heavy atom. The third kappa shape index (κ3) is 2.46. The molecule has 6 heteroatoms. The molecule has 3 unspecified atom stereocenters. The van der Waals surface area contributed by atoms with E-state index in [4.69, 9.17) is 9.47 Å². The molecule has 0 aromatic heterocycles. The predicted molar refractivity (Wildman–Crippen MR) is 54.7 cm³/mol. The normalized spacial score (nSPS) is 28.7. The SMILES string of the molecule is COC(C)(O[C]=O)OC(=O)C1C([C]=O)C1(C)C. The Bertz CT molecular complexity index is 337. The number of methoxy groups -OCH3 is 1. The Hall–Kier alpha value is -1.43. The maximum Gasteiger partial charge on any atom is 0.422 e. The summed E-state index contributed by atoms with van der Waals surface area (Å²) < 4.78 is 14.0. The Kier molecular flexibility index (Phi) is 3.56. The van der Waals surface area contributed by atoms with Crippen molar-refractivity contribution in [3.05, 3.63) is 0 Å². The molecule has 1 aliphatic rings. The van der Waals surface area contributed by atoms with Crippen LogP contribution in [0.2, 0.25) is 0 Å². The van der Waals surface area contributed by atoms with Crippen LogP contribution in [0.1, 0.15) is 20.8 Å². The largest absolute Gasteiger partial charge is 0.422 e. The summed E-state index contributed by atoms with van der Waals surface area (Å²) in [5.41, 5.74) is -0.488. The predicted octanol–water partition coefficient (Wildman–Crippen LogP) is 0.315. The second-order valence-corrected chi connectivity index (χ2v) is 4.57. The van der Waals surface area contributed by atoms with Crippen molar-refractivity contribution in [2.75, 3.05) is 7.11 Å². The summed E-state index contributed by atoms with van der Waals surface area (Å²) in [6, 6.07) is 0. The van der Waals surface area contributed by atoms with Gasteiger partial charge in [-0.15, -0.1) is 0 Å². The average molecular weight is 242 g/mol. The van der Waals surface area contributed by atoms with Crippen molar-refractivity contribution in [3.8, 4) is 0 Å². The van der Waals surface area contributed by atoms with Gasteiger partial charge in [0.1, 0.15) is 0 Å². The highest BCUT2D eigenvalue weighted by Crippen LogP contribution is 2.57. The van der Waals surface area contributed by atoms with Crippen LogP contribution in [0.5, 0.6) is 0 Å². The van der Waals surface area contributed by atoms with Gasteiger partial charge in [0.05, 0.1) is 5.92 Å². The lowest BCUT2D eigenvalue weighted by Crippen LogP contribution is -2.37. The van der Waals surface area contributed by atoms with Crippen molar-refractivity contribution >= 4 is 18.7 Å². The summed E-state index contributed by atoms with van der Waals surface area (Å²) in [6.45, 7) is 5.91. The summed E-state index contributed by atoms with van der Waals surface area (Å²) in [6.07, 6.45) is 1.79. The molecule has 17 heavy (non-hydrogen) atoms. The lowest BCUT2D eigenvalue weighted by atomic mass is 10.1. The third-order valence-electron chi connectivity index (χ3n) is 3.09. The summed E-state index contributed by atoms with van der Waals surface area (Å²) in [4.78, 5) is 32.5. The van der Waals surface area contributed by atoms with Gasteiger partial charge in [-0.3, -0.25) is 9.59 Å². The molecular formula is C11H14O6. The summed E-state index contributed by atoms with van der Waals surface area (Å²) >= 11 is 0. The zero-order valence-electron chi connectivity index (χ0n) is 10.1. The molecule has 1 aliphatic carbocycles. The Morgan fingerprint density at radius 1 is 1.35 bits per heavy atom. The van der Waals surface area contributed by atoms with E-state index in [9.17, 15) is 14.4 Å². The second-order valence-electron chi connectivity index (χ2n) is 4.57. The lowest BCUT2D eigenvalue weighted by Gasteiger charge is -2.24. The van der Waals surface area contributed by atoms with Gasteiger partial charge >= 0.3 is 18.4 Å². The molecule has 0 aromatic rings. The van der Waals surface area contributed by atoms with Crippen molar-refractivity contribution in [2.45, 2.75) is 26.7 Å². The number of carbonyl (C=O) groups excluding carboxylic acids is 3. The maximum atomic E-state index is 11.7. The number of hydrogen-bond acceptors (Lipinski definition) is 6. The van der Waals surface area contributed by atoms with Crippen molar-refractivity contribution in [1.29, 1.82) is 0 Å². The Morgan fingerprint density at radius 2 is 1.94 bits per heavy atom. The number of rotatable bonds is 6. The summed E-state index contributed by atoms with van der Waals surface area (Å²) in [5.74, 6) is -3.57. The molecule has 0 saturated heterocycles. The molecule has 6 nitrogen and oxygen atoms in total. The first-order chi connectivity index (χ1) is 7.82. The minimum absolute atomic E-state index is 0.488. The minimum Gasteiger partial charge on any atom is -0.398 e. The molecule has 2 radical (unpaired) electrons. The molecule has 0 amide bonds. The van der Waals surface area contributed by atoms with E-state index >= 15 is 0 Å². The summed E-state index contributed by atoms with van der Waals surface area (Å²) in [5, 5.41) is 0. The first-order valence-corrected chi connectivity index (χ1v) is 5.03. The highest BCUT2D eigenvalue weighted by Gasteiger charge is 2.64. The third-order valence-corrected chi connectivity index (χ3v) is 3.09. The molecule has 1 saturated carbocycles. The van der Waals surface area contributed by atoms with Gasteiger partial charge in [0.2, 0.25) is 6.29 Å². The van der Waals surface area contributed by atoms with E-state index in [1.807, 2.05) is 0 Å². The molecular weight excluding hydrogens is 228 g/mol. The van der Waals surface area contributed by atoms with E-state index < -0.39 is 29.2 Å². The molecule has 0 N–H and O–H groups in total. The Labute approximate surface area is 99.2 Å². The number of hydrogen-bond donors (Lipinski definition) is 0. The quantitative estimate of drug-likeness (QED) is 0.493. The van der Waals surface area contributed by atoms with E-state index in [-0.39, 0.29) is 0 Å². The van der Waals surface area contributed by atoms with Crippen LogP contribution >= 0.6 is 0 Å². The van der Waals surface area contributed by atoms with Crippen molar-refractivity contribution in [1.82, 2.24) is 0 Å². The van der Waals surface area contributed by atoms with Crippen molar-refractivity contribution in [2.24, 2.45) is 17.3 Å². The van der Waals surface area contributed by atoms with Crippen LogP contribution in [0.25, 0.3) is 0 Å². The zero-order chi connectivity index (χ0) is 13.3. The number of carbonyl (C=O) groups is 1. The molecule has 0 heterocycles. The van der Waals surface area contributed by atoms with E-state index in [1.54, 1.807) is 20.1 Å². The van der Waals surface area contributed by atoms with Gasteiger partial charge in [-0.05, 0) is 5.41 Å². The highest BCUT2D eigenvalue weighted by molar-refractivity contribution is 5.84. The van der Waals surface area contributed by atoms with Gasteiger partial charge < -0.3 is 14.2 Å². The molecule has 0 aliphatic heterocycles. The van der Waals surface area contributed by atoms with E-state index in [0.717, 1.165) is 6.47 Å². The van der Waals surface area contributed by atoms with Crippen molar-refractivity contribution < 1.29 is 28.6 Å². The lowest BCUT2D eigenvalue weighted by molar-refractivity contribution is -0.311. The monoisotopic (exact) mass is 242 g/mol. The van der Waals surface area contributed by atoms with Crippen LogP contribution < -0.4 is 0 Å². The second kappa shape index (κ2) is 4.44. The van der Waals surface area contributed by atoms with E-state index in [1.165, 1.54) is 14.0 Å². The van der Waals surface area contributed by atoms with Crippen LogP contribution in [-0.4, -0.2) is 31.8 Å². The van der Waals surface area contributed by atoms with Crippen LogP contribution in [0, 0.1) is 17.3 Å². The van der Waals surface area contributed by atoms with Gasteiger partial charge in [-0.2, -0.15) is 0 Å². The molecule has 1 rings (SSSR count). The van der Waals surface area contributed by atoms with Crippen LogP contribution in [-0.2, 0) is 28.6 Å². The molecule has 0 spiro atoms. The first-order valence-electron chi connectivity index (χ1n) is 5.03. The maximum absolute atomic E-state index is 11.7. The van der Waals surface area contributed by atoms with E-state index in [0.29, 0.717) is 0 Å². The standard InChI is InChI=1S/C11H14O6/c1-10(2)7(5-12)8(10)9(14)17-11(3,15-4)16-6-13/h7-8H,1-4H3. The van der Waals surface area contributed by atoms with Gasteiger partial charge in [-0.1, -0.05) is 13.8 Å². The topological polar surface area (TPSA) is 78.9 Å². The van der Waals surface area contributed by atoms with Crippen molar-refractivity contribution in [3.63, 3.8) is 0 Å². The Balaban J connectivity index is 2.67. The van der Waals surface area contributed by atoms with Crippen LogP contribution in [0.15, 0.2) is 0 Å². The first kappa shape index (κ1) is 13.6. The zero-order valence-corrected chi connectivity index (χ0v) is 10.1. The summed E-state index contributed by atoms with van der Waals surface area (Å²) in [7, 11) is 1.21. The fraction of sp³-hybridized carbons (Fsp3) is 0.727. The minimum atomic E-state index is -1.81. The van der Waals surface area contributed by atoms with Gasteiger partial charge in [0.15, 0.2) is 0 Å². The fourth-order valence-corrected chi connectivity index (χ4v) is 1.72. The average Bonchev–Trinajstić information content (AvgIpc) is 2.80. The molecule has 3 atom stereocenters. The highest BCUT2D eigenvalue weighted by atomic mass is 16.9. The number of ether oxygens (including phenoxy) is 3. The smallest absolute Gasteiger partial charge is 0.398 e. The van der Waals surface area contributed by atoms with Gasteiger partial charge in [0, 0.05) is 20.0 Å². The van der Waals surface area contributed by atoms with Crippen LogP contribution in [0.3, 0.4) is 0 Å². The van der Waals surface area contributed by atoms with Gasteiger partial charge in [0.25, 0.3) is 0 Å². The fourth-order valence-electron chi connectivity index (χ4n) is 1.72. The molecule has 0 bridgehead atoms. The van der Waals surface area contributed by atoms with Crippen LogP contribution in [0.4, 0.5) is 0 Å². The van der Waals surface area contributed by atoms with E-state index in [2.05, 4.69) is 4.74 Å².